The summed E-state index contributed by atoms with van der Waals surface area (Å²) in [6, 6.07) is 11.1. The summed E-state index contributed by atoms with van der Waals surface area (Å²) in [5.74, 6) is 1.42. The summed E-state index contributed by atoms with van der Waals surface area (Å²) in [6.45, 7) is 3.19. The number of anilines is 2. The van der Waals surface area contributed by atoms with Crippen LogP contribution >= 0.6 is 11.6 Å². The number of benzene rings is 1. The van der Waals surface area contributed by atoms with E-state index in [9.17, 15) is 0 Å². The van der Waals surface area contributed by atoms with E-state index < -0.39 is 0 Å². The molecule has 0 aliphatic carbocycles. The fraction of sp³-hybridized carbons (Fsp3) is 0.375. The third-order valence-corrected chi connectivity index (χ3v) is 4.44. The van der Waals surface area contributed by atoms with Gasteiger partial charge in [0.1, 0.15) is 12.0 Å². The van der Waals surface area contributed by atoms with E-state index in [2.05, 4.69) is 57.4 Å². The van der Waals surface area contributed by atoms with Gasteiger partial charge >= 0.3 is 0 Å². The third-order valence-electron chi connectivity index (χ3n) is 4.15. The van der Waals surface area contributed by atoms with E-state index in [0.717, 1.165) is 24.5 Å². The maximum atomic E-state index is 6.17. The van der Waals surface area contributed by atoms with Gasteiger partial charge in [-0.05, 0) is 18.9 Å². The zero-order valence-electron chi connectivity index (χ0n) is 12.3. The summed E-state index contributed by atoms with van der Waals surface area (Å²) in [5, 5.41) is 3.59. The quantitative estimate of drug-likeness (QED) is 0.880. The van der Waals surface area contributed by atoms with Crippen LogP contribution in [0.1, 0.15) is 24.8 Å². The average Bonchev–Trinajstić information content (AvgIpc) is 2.90. The predicted octanol–water partition coefficient (Wildman–Crippen LogP) is 3.55. The lowest BCUT2D eigenvalue weighted by Gasteiger charge is -2.25. The van der Waals surface area contributed by atoms with Crippen LogP contribution < -0.4 is 10.2 Å². The molecule has 1 aromatic heterocycles. The molecule has 3 rings (SSSR count). The molecule has 1 aromatic carbocycles. The van der Waals surface area contributed by atoms with Gasteiger partial charge in [-0.2, -0.15) is 0 Å². The zero-order valence-corrected chi connectivity index (χ0v) is 13.0. The van der Waals surface area contributed by atoms with E-state index >= 15 is 0 Å². The number of rotatable bonds is 3. The van der Waals surface area contributed by atoms with Gasteiger partial charge in [-0.1, -0.05) is 41.9 Å². The molecule has 1 fully saturated rings. The van der Waals surface area contributed by atoms with Gasteiger partial charge in [-0.15, -0.1) is 0 Å². The van der Waals surface area contributed by atoms with Crippen LogP contribution in [-0.2, 0) is 0 Å². The SMILES string of the molecule is CNc1c(Cl)ncnc1N1CC(c2ccccc2)CC1C. The van der Waals surface area contributed by atoms with Crippen molar-refractivity contribution in [2.45, 2.75) is 25.3 Å². The molecule has 0 amide bonds. The highest BCUT2D eigenvalue weighted by atomic mass is 35.5. The smallest absolute Gasteiger partial charge is 0.157 e. The minimum atomic E-state index is 0.424. The summed E-state index contributed by atoms with van der Waals surface area (Å²) in [4.78, 5) is 10.8. The van der Waals surface area contributed by atoms with E-state index in [4.69, 9.17) is 11.6 Å². The average molecular weight is 303 g/mol. The maximum Gasteiger partial charge on any atom is 0.157 e. The number of hydrogen-bond acceptors (Lipinski definition) is 4. The summed E-state index contributed by atoms with van der Waals surface area (Å²) in [5.41, 5.74) is 2.19. The Hall–Kier alpha value is -1.81. The van der Waals surface area contributed by atoms with Gasteiger partial charge in [0.2, 0.25) is 0 Å². The van der Waals surface area contributed by atoms with Crippen molar-refractivity contribution in [2.24, 2.45) is 0 Å². The van der Waals surface area contributed by atoms with Crippen molar-refractivity contribution >= 4 is 23.1 Å². The normalized spacial score (nSPS) is 21.6. The lowest BCUT2D eigenvalue weighted by molar-refractivity contribution is 0.696. The molecule has 2 aromatic rings. The van der Waals surface area contributed by atoms with Crippen LogP contribution in [-0.4, -0.2) is 29.6 Å². The van der Waals surface area contributed by atoms with Gasteiger partial charge in [0, 0.05) is 25.6 Å². The second-order valence-electron chi connectivity index (χ2n) is 5.46. The van der Waals surface area contributed by atoms with E-state index in [-0.39, 0.29) is 0 Å². The third kappa shape index (κ3) is 2.68. The van der Waals surface area contributed by atoms with Crippen molar-refractivity contribution in [3.8, 4) is 0 Å². The second-order valence-corrected chi connectivity index (χ2v) is 5.82. The van der Waals surface area contributed by atoms with Crippen molar-refractivity contribution in [3.05, 3.63) is 47.4 Å². The topological polar surface area (TPSA) is 41.1 Å². The first-order valence-electron chi connectivity index (χ1n) is 7.20. The molecule has 2 heterocycles. The molecule has 1 aliphatic rings. The first-order chi connectivity index (χ1) is 10.2. The molecule has 4 nitrogen and oxygen atoms in total. The van der Waals surface area contributed by atoms with Crippen LogP contribution in [0.25, 0.3) is 0 Å². The van der Waals surface area contributed by atoms with E-state index in [0.29, 0.717) is 17.1 Å². The number of aromatic nitrogens is 2. The Morgan fingerprint density at radius 3 is 2.71 bits per heavy atom. The summed E-state index contributed by atoms with van der Waals surface area (Å²) in [7, 11) is 1.85. The number of hydrogen-bond donors (Lipinski definition) is 1. The second kappa shape index (κ2) is 5.90. The standard InChI is InChI=1S/C16H19ClN4/c1-11-8-13(12-6-4-3-5-7-12)9-21(11)16-14(18-2)15(17)19-10-20-16/h3-7,10-11,13,18H,8-9H2,1-2H3. The first kappa shape index (κ1) is 14.1. The molecule has 0 radical (unpaired) electrons. The number of halogens is 1. The van der Waals surface area contributed by atoms with Crippen molar-refractivity contribution in [1.29, 1.82) is 0 Å². The molecule has 1 aliphatic heterocycles. The maximum absolute atomic E-state index is 6.17. The van der Waals surface area contributed by atoms with Crippen LogP contribution in [0.5, 0.6) is 0 Å². The monoisotopic (exact) mass is 302 g/mol. The Kier molecular flexibility index (Phi) is 3.97. The minimum Gasteiger partial charge on any atom is -0.383 e. The molecular weight excluding hydrogens is 284 g/mol. The molecular formula is C16H19ClN4. The highest BCUT2D eigenvalue weighted by Crippen LogP contribution is 2.38. The van der Waals surface area contributed by atoms with Gasteiger partial charge < -0.3 is 10.2 Å². The van der Waals surface area contributed by atoms with Crippen molar-refractivity contribution in [3.63, 3.8) is 0 Å². The largest absolute Gasteiger partial charge is 0.383 e. The van der Waals surface area contributed by atoms with Crippen molar-refractivity contribution < 1.29 is 0 Å². The lowest BCUT2D eigenvalue weighted by atomic mass is 9.97. The van der Waals surface area contributed by atoms with Crippen LogP contribution in [0, 0.1) is 0 Å². The number of nitrogens with one attached hydrogen (secondary N) is 1. The van der Waals surface area contributed by atoms with E-state index in [1.807, 2.05) is 7.05 Å². The van der Waals surface area contributed by atoms with E-state index in [1.165, 1.54) is 11.9 Å². The molecule has 0 spiro atoms. The molecule has 1 N–H and O–H groups in total. The van der Waals surface area contributed by atoms with Gasteiger partial charge in [0.25, 0.3) is 0 Å². The molecule has 110 valence electrons. The van der Waals surface area contributed by atoms with Crippen molar-refractivity contribution in [1.82, 2.24) is 9.97 Å². The highest BCUT2D eigenvalue weighted by Gasteiger charge is 2.32. The molecule has 0 saturated carbocycles. The van der Waals surface area contributed by atoms with Gasteiger partial charge in [-0.25, -0.2) is 9.97 Å². The number of nitrogens with zero attached hydrogens (tertiary/aromatic N) is 3. The predicted molar refractivity (Wildman–Crippen MR) is 87.2 cm³/mol. The van der Waals surface area contributed by atoms with Crippen molar-refractivity contribution in [2.75, 3.05) is 23.8 Å². The molecule has 0 bridgehead atoms. The summed E-state index contributed by atoms with van der Waals surface area (Å²) >= 11 is 6.17. The first-order valence-corrected chi connectivity index (χ1v) is 7.58. The Bertz CT molecular complexity index is 617. The molecule has 5 heteroatoms. The Morgan fingerprint density at radius 1 is 1.24 bits per heavy atom. The lowest BCUT2D eigenvalue weighted by Crippen LogP contribution is -2.28. The van der Waals surface area contributed by atoms with Gasteiger partial charge in [0.05, 0.1) is 0 Å². The fourth-order valence-electron chi connectivity index (χ4n) is 3.08. The van der Waals surface area contributed by atoms with Crippen LogP contribution in [0.3, 0.4) is 0 Å². The molecule has 2 atom stereocenters. The Morgan fingerprint density at radius 2 is 2.00 bits per heavy atom. The Balaban J connectivity index is 1.89. The fourth-order valence-corrected chi connectivity index (χ4v) is 3.30. The molecule has 2 unspecified atom stereocenters. The minimum absolute atomic E-state index is 0.424. The zero-order chi connectivity index (χ0) is 14.8. The highest BCUT2D eigenvalue weighted by molar-refractivity contribution is 6.32. The van der Waals surface area contributed by atoms with Gasteiger partial charge in [0.15, 0.2) is 11.0 Å². The van der Waals surface area contributed by atoms with Gasteiger partial charge in [-0.3, -0.25) is 0 Å². The summed E-state index contributed by atoms with van der Waals surface area (Å²) in [6.07, 6.45) is 2.65. The Labute approximate surface area is 130 Å². The van der Waals surface area contributed by atoms with Crippen LogP contribution in [0.2, 0.25) is 5.15 Å². The molecule has 21 heavy (non-hydrogen) atoms. The van der Waals surface area contributed by atoms with Crippen LogP contribution in [0.15, 0.2) is 36.7 Å². The van der Waals surface area contributed by atoms with Crippen LogP contribution in [0.4, 0.5) is 11.5 Å². The molecule has 1 saturated heterocycles. The summed E-state index contributed by atoms with van der Waals surface area (Å²) < 4.78 is 0. The van der Waals surface area contributed by atoms with E-state index in [1.54, 1.807) is 0 Å².